The van der Waals surface area contributed by atoms with Gasteiger partial charge in [0.1, 0.15) is 5.75 Å². The zero-order valence-corrected chi connectivity index (χ0v) is 11.3. The lowest BCUT2D eigenvalue weighted by Crippen LogP contribution is -2.10. The highest BCUT2D eigenvalue weighted by atomic mass is 16.5. The van der Waals surface area contributed by atoms with Crippen molar-refractivity contribution < 1.29 is 9.53 Å². The number of aryl methyl sites for hydroxylation is 1. The van der Waals surface area contributed by atoms with Crippen LogP contribution in [0.15, 0.2) is 48.5 Å². The zero-order chi connectivity index (χ0) is 14.1. The van der Waals surface area contributed by atoms with Crippen LogP contribution >= 0.6 is 0 Å². The molecule has 0 aliphatic rings. The normalized spacial score (nSPS) is 10.7. The van der Waals surface area contributed by atoms with Crippen LogP contribution in [-0.4, -0.2) is 22.4 Å². The van der Waals surface area contributed by atoms with Gasteiger partial charge in [-0.15, -0.1) is 0 Å². The second-order valence-corrected chi connectivity index (χ2v) is 4.51. The number of fused-ring (bicyclic) bond motifs is 1. The van der Waals surface area contributed by atoms with Crippen LogP contribution in [0, 0.1) is 0 Å². The highest BCUT2D eigenvalue weighted by Crippen LogP contribution is 2.22. The Bertz CT molecular complexity index is 790. The van der Waals surface area contributed by atoms with Crippen molar-refractivity contribution in [2.75, 3.05) is 7.11 Å². The number of ketones is 1. The third-order valence-corrected chi connectivity index (χ3v) is 3.34. The number of hydrogen-bond acceptors (Lipinski definition) is 3. The molecule has 3 aromatic rings. The molecule has 0 bridgehead atoms. The lowest BCUT2D eigenvalue weighted by atomic mass is 10.1. The molecule has 0 saturated carbocycles. The molecular weight excluding hydrogens is 252 g/mol. The highest BCUT2D eigenvalue weighted by Gasteiger charge is 2.19. The molecule has 100 valence electrons. The molecule has 0 saturated heterocycles. The number of imidazole rings is 1. The average Bonchev–Trinajstić information content (AvgIpc) is 2.84. The maximum atomic E-state index is 12.7. The van der Waals surface area contributed by atoms with Crippen LogP contribution in [0.2, 0.25) is 0 Å². The van der Waals surface area contributed by atoms with Crippen molar-refractivity contribution in [3.05, 3.63) is 59.9 Å². The summed E-state index contributed by atoms with van der Waals surface area (Å²) in [6, 6.07) is 14.9. The largest absolute Gasteiger partial charge is 0.496 e. The van der Waals surface area contributed by atoms with Crippen LogP contribution < -0.4 is 4.74 Å². The van der Waals surface area contributed by atoms with Crippen molar-refractivity contribution >= 4 is 16.8 Å². The molecule has 0 amide bonds. The van der Waals surface area contributed by atoms with E-state index in [4.69, 9.17) is 4.74 Å². The number of nitrogens with zero attached hydrogens (tertiary/aromatic N) is 2. The van der Waals surface area contributed by atoms with Gasteiger partial charge in [0.2, 0.25) is 5.78 Å². The first kappa shape index (κ1) is 12.4. The SMILES string of the molecule is COc1ccccc1C(=O)c1nc2ccccc2n1C. The number of ether oxygens (including phenoxy) is 1. The smallest absolute Gasteiger partial charge is 0.232 e. The van der Waals surface area contributed by atoms with Crippen molar-refractivity contribution in [2.24, 2.45) is 7.05 Å². The Hall–Kier alpha value is -2.62. The summed E-state index contributed by atoms with van der Waals surface area (Å²) in [5.41, 5.74) is 2.27. The Morgan fingerprint density at radius 1 is 1.10 bits per heavy atom. The topological polar surface area (TPSA) is 44.1 Å². The Morgan fingerprint density at radius 3 is 2.55 bits per heavy atom. The fourth-order valence-electron chi connectivity index (χ4n) is 2.30. The van der Waals surface area contributed by atoms with Gasteiger partial charge in [0, 0.05) is 7.05 Å². The van der Waals surface area contributed by atoms with E-state index in [1.54, 1.807) is 19.2 Å². The summed E-state index contributed by atoms with van der Waals surface area (Å²) >= 11 is 0. The van der Waals surface area contributed by atoms with Gasteiger partial charge in [-0.1, -0.05) is 24.3 Å². The van der Waals surface area contributed by atoms with Crippen LogP contribution in [0.5, 0.6) is 5.75 Å². The zero-order valence-electron chi connectivity index (χ0n) is 11.3. The van der Waals surface area contributed by atoms with Gasteiger partial charge in [0.25, 0.3) is 0 Å². The van der Waals surface area contributed by atoms with E-state index >= 15 is 0 Å². The highest BCUT2D eigenvalue weighted by molar-refractivity contribution is 6.10. The molecule has 20 heavy (non-hydrogen) atoms. The third kappa shape index (κ3) is 1.86. The van der Waals surface area contributed by atoms with Gasteiger partial charge in [0.05, 0.1) is 23.7 Å². The fourth-order valence-corrected chi connectivity index (χ4v) is 2.30. The molecule has 0 fully saturated rings. The van der Waals surface area contributed by atoms with Crippen LogP contribution in [0.1, 0.15) is 16.2 Å². The number of carbonyl (C=O) groups excluding carboxylic acids is 1. The predicted octanol–water partition coefficient (Wildman–Crippen LogP) is 2.81. The minimum absolute atomic E-state index is 0.138. The van der Waals surface area contributed by atoms with Gasteiger partial charge in [-0.3, -0.25) is 4.79 Å². The first-order valence-corrected chi connectivity index (χ1v) is 6.31. The minimum atomic E-state index is -0.138. The standard InChI is InChI=1S/C16H14N2O2/c1-18-13-9-5-4-8-12(13)17-16(18)15(19)11-7-3-6-10-14(11)20-2/h3-10H,1-2H3. The molecule has 0 radical (unpaired) electrons. The fraction of sp³-hybridized carbons (Fsp3) is 0.125. The lowest BCUT2D eigenvalue weighted by Gasteiger charge is -2.07. The molecule has 0 N–H and O–H groups in total. The Morgan fingerprint density at radius 2 is 1.80 bits per heavy atom. The number of benzene rings is 2. The molecule has 1 aromatic heterocycles. The van der Waals surface area contributed by atoms with Crippen molar-refractivity contribution in [2.45, 2.75) is 0 Å². The molecule has 0 unspecified atom stereocenters. The number of hydrogen-bond donors (Lipinski definition) is 0. The monoisotopic (exact) mass is 266 g/mol. The summed E-state index contributed by atoms with van der Waals surface area (Å²) in [6.45, 7) is 0. The van der Waals surface area contributed by atoms with Crippen molar-refractivity contribution in [1.82, 2.24) is 9.55 Å². The summed E-state index contributed by atoms with van der Waals surface area (Å²) in [4.78, 5) is 17.1. The molecule has 0 aliphatic heterocycles. The molecule has 4 nitrogen and oxygen atoms in total. The first-order chi connectivity index (χ1) is 9.72. The minimum Gasteiger partial charge on any atom is -0.496 e. The summed E-state index contributed by atoms with van der Waals surface area (Å²) in [5, 5.41) is 0. The maximum absolute atomic E-state index is 12.7. The second-order valence-electron chi connectivity index (χ2n) is 4.51. The van der Waals surface area contributed by atoms with Gasteiger partial charge in [-0.05, 0) is 24.3 Å². The molecule has 1 heterocycles. The second kappa shape index (κ2) is 4.81. The van der Waals surface area contributed by atoms with E-state index in [2.05, 4.69) is 4.98 Å². The molecule has 0 aliphatic carbocycles. The quantitative estimate of drug-likeness (QED) is 0.685. The summed E-state index contributed by atoms with van der Waals surface area (Å²) < 4.78 is 7.05. The molecule has 3 rings (SSSR count). The number of aromatic nitrogens is 2. The van der Waals surface area contributed by atoms with E-state index in [0.717, 1.165) is 11.0 Å². The van der Waals surface area contributed by atoms with E-state index in [1.165, 1.54) is 0 Å². The van der Waals surface area contributed by atoms with Gasteiger partial charge in [-0.2, -0.15) is 0 Å². The van der Waals surface area contributed by atoms with Crippen molar-refractivity contribution in [3.8, 4) is 5.75 Å². The van der Waals surface area contributed by atoms with Crippen LogP contribution in [0.3, 0.4) is 0 Å². The molecule has 2 aromatic carbocycles. The summed E-state index contributed by atoms with van der Waals surface area (Å²) in [7, 11) is 3.40. The van der Waals surface area contributed by atoms with Crippen molar-refractivity contribution in [1.29, 1.82) is 0 Å². The molecule has 0 spiro atoms. The Kier molecular flexibility index (Phi) is 2.99. The van der Waals surface area contributed by atoms with E-state index in [1.807, 2.05) is 48.0 Å². The van der Waals surface area contributed by atoms with Gasteiger partial charge >= 0.3 is 0 Å². The van der Waals surface area contributed by atoms with Gasteiger partial charge in [0.15, 0.2) is 5.82 Å². The van der Waals surface area contributed by atoms with Gasteiger partial charge in [-0.25, -0.2) is 4.98 Å². The summed E-state index contributed by atoms with van der Waals surface area (Å²) in [5.74, 6) is 0.835. The van der Waals surface area contributed by atoms with E-state index in [9.17, 15) is 4.79 Å². The number of para-hydroxylation sites is 3. The average molecular weight is 266 g/mol. The molecule has 4 heteroatoms. The van der Waals surface area contributed by atoms with E-state index in [0.29, 0.717) is 17.1 Å². The molecular formula is C16H14N2O2. The molecule has 0 atom stereocenters. The van der Waals surface area contributed by atoms with E-state index < -0.39 is 0 Å². The maximum Gasteiger partial charge on any atom is 0.232 e. The third-order valence-electron chi connectivity index (χ3n) is 3.34. The van der Waals surface area contributed by atoms with Gasteiger partial charge < -0.3 is 9.30 Å². The van der Waals surface area contributed by atoms with Crippen LogP contribution in [0.25, 0.3) is 11.0 Å². The number of rotatable bonds is 3. The Balaban J connectivity index is 2.15. The van der Waals surface area contributed by atoms with Crippen molar-refractivity contribution in [3.63, 3.8) is 0 Å². The van der Waals surface area contributed by atoms with E-state index in [-0.39, 0.29) is 5.78 Å². The lowest BCUT2D eigenvalue weighted by molar-refractivity contribution is 0.102. The number of methoxy groups -OCH3 is 1. The first-order valence-electron chi connectivity index (χ1n) is 6.31. The Labute approximate surface area is 116 Å². The number of carbonyl (C=O) groups is 1. The summed E-state index contributed by atoms with van der Waals surface area (Å²) in [6.07, 6.45) is 0. The predicted molar refractivity (Wildman–Crippen MR) is 77.1 cm³/mol. The van der Waals surface area contributed by atoms with Crippen LogP contribution in [-0.2, 0) is 7.05 Å². The van der Waals surface area contributed by atoms with Crippen LogP contribution in [0.4, 0.5) is 0 Å².